The van der Waals surface area contributed by atoms with Crippen molar-refractivity contribution in [2.24, 2.45) is 0 Å². The van der Waals surface area contributed by atoms with Gasteiger partial charge in [0.25, 0.3) is 10.1 Å². The summed E-state index contributed by atoms with van der Waals surface area (Å²) in [6.07, 6.45) is 2.74. The van der Waals surface area contributed by atoms with E-state index in [1.807, 2.05) is 0 Å². The van der Waals surface area contributed by atoms with E-state index in [9.17, 15) is 8.42 Å². The highest BCUT2D eigenvalue weighted by Gasteiger charge is 2.13. The Morgan fingerprint density at radius 3 is 2.57 bits per heavy atom. The fraction of sp³-hybridized carbons (Fsp3) is 0. The number of nitrogens with zero attached hydrogens (tertiary/aromatic N) is 2. The maximum absolute atomic E-state index is 11.0. The summed E-state index contributed by atoms with van der Waals surface area (Å²) in [6.45, 7) is 0. The SMILES string of the molecule is O=S(=O)(O)c1cccc2cnncc12. The first kappa shape index (κ1) is 9.04. The molecule has 0 radical (unpaired) electrons. The Kier molecular flexibility index (Phi) is 1.94. The monoisotopic (exact) mass is 210 g/mol. The second-order valence-electron chi connectivity index (χ2n) is 2.72. The minimum Gasteiger partial charge on any atom is -0.282 e. The summed E-state index contributed by atoms with van der Waals surface area (Å²) in [5, 5.41) is 8.16. The first-order valence-electron chi connectivity index (χ1n) is 3.76. The third-order valence-electron chi connectivity index (χ3n) is 1.83. The first-order valence-corrected chi connectivity index (χ1v) is 5.20. The van der Waals surface area contributed by atoms with E-state index in [1.54, 1.807) is 6.07 Å². The molecule has 1 aromatic carbocycles. The van der Waals surface area contributed by atoms with Gasteiger partial charge < -0.3 is 0 Å². The molecule has 0 aliphatic rings. The van der Waals surface area contributed by atoms with Gasteiger partial charge in [-0.25, -0.2) is 0 Å². The zero-order valence-corrected chi connectivity index (χ0v) is 7.77. The minimum absolute atomic E-state index is 0.148. The lowest BCUT2D eigenvalue weighted by molar-refractivity contribution is 0.484. The summed E-state index contributed by atoms with van der Waals surface area (Å²) in [5.74, 6) is 0. The van der Waals surface area contributed by atoms with Crippen molar-refractivity contribution >= 4 is 20.9 Å². The zero-order valence-electron chi connectivity index (χ0n) is 6.95. The summed E-state index contributed by atoms with van der Waals surface area (Å²) in [5.41, 5.74) is 0. The Hall–Kier alpha value is -1.53. The quantitative estimate of drug-likeness (QED) is 0.706. The highest BCUT2D eigenvalue weighted by molar-refractivity contribution is 7.86. The molecule has 0 aliphatic heterocycles. The molecule has 0 atom stereocenters. The van der Waals surface area contributed by atoms with Crippen LogP contribution in [0.1, 0.15) is 0 Å². The van der Waals surface area contributed by atoms with Crippen LogP contribution in [-0.4, -0.2) is 23.2 Å². The van der Waals surface area contributed by atoms with E-state index in [2.05, 4.69) is 10.2 Å². The van der Waals surface area contributed by atoms with Crippen LogP contribution in [0.3, 0.4) is 0 Å². The van der Waals surface area contributed by atoms with Gasteiger partial charge in [0.2, 0.25) is 0 Å². The molecular formula is C8H6N2O3S. The van der Waals surface area contributed by atoms with Gasteiger partial charge in [-0.2, -0.15) is 18.6 Å². The predicted molar refractivity (Wildman–Crippen MR) is 49.4 cm³/mol. The van der Waals surface area contributed by atoms with Crippen molar-refractivity contribution < 1.29 is 13.0 Å². The maximum atomic E-state index is 11.0. The van der Waals surface area contributed by atoms with Crippen molar-refractivity contribution in [1.82, 2.24) is 10.2 Å². The molecule has 0 amide bonds. The van der Waals surface area contributed by atoms with E-state index in [0.29, 0.717) is 10.8 Å². The van der Waals surface area contributed by atoms with Crippen LogP contribution in [0.15, 0.2) is 35.5 Å². The van der Waals surface area contributed by atoms with Crippen LogP contribution in [0.4, 0.5) is 0 Å². The normalized spacial score (nSPS) is 11.8. The average Bonchev–Trinajstić information content (AvgIpc) is 2.15. The standard InChI is InChI=1S/C8H6N2O3S/c11-14(12,13)8-3-1-2-6-4-9-10-5-7(6)8/h1-5H,(H,11,12,13). The number of benzene rings is 1. The predicted octanol–water partition coefficient (Wildman–Crippen LogP) is 0.877. The van der Waals surface area contributed by atoms with Gasteiger partial charge in [-0.05, 0) is 6.07 Å². The Bertz CT molecular complexity index is 575. The largest absolute Gasteiger partial charge is 0.295 e. The van der Waals surface area contributed by atoms with Crippen molar-refractivity contribution in [3.05, 3.63) is 30.6 Å². The van der Waals surface area contributed by atoms with E-state index >= 15 is 0 Å². The number of hydrogen-bond donors (Lipinski definition) is 1. The van der Waals surface area contributed by atoms with Crippen LogP contribution in [0.2, 0.25) is 0 Å². The Morgan fingerprint density at radius 1 is 1.14 bits per heavy atom. The molecule has 1 aromatic heterocycles. The molecule has 72 valence electrons. The molecular weight excluding hydrogens is 204 g/mol. The van der Waals surface area contributed by atoms with Crippen molar-refractivity contribution in [2.45, 2.75) is 4.90 Å². The second-order valence-corrected chi connectivity index (χ2v) is 4.11. The lowest BCUT2D eigenvalue weighted by Crippen LogP contribution is -1.99. The van der Waals surface area contributed by atoms with Gasteiger partial charge in [-0.3, -0.25) is 4.55 Å². The smallest absolute Gasteiger partial charge is 0.282 e. The molecule has 0 aliphatic carbocycles. The van der Waals surface area contributed by atoms with Gasteiger partial charge in [0.1, 0.15) is 4.90 Å². The fourth-order valence-corrected chi connectivity index (χ4v) is 1.92. The Balaban J connectivity index is 2.92. The van der Waals surface area contributed by atoms with E-state index in [0.717, 1.165) is 0 Å². The molecule has 1 N–H and O–H groups in total. The highest BCUT2D eigenvalue weighted by atomic mass is 32.2. The van der Waals surface area contributed by atoms with E-state index in [1.165, 1.54) is 24.5 Å². The van der Waals surface area contributed by atoms with Crippen LogP contribution < -0.4 is 0 Å². The Morgan fingerprint density at radius 2 is 1.86 bits per heavy atom. The van der Waals surface area contributed by atoms with Crippen molar-refractivity contribution in [3.8, 4) is 0 Å². The first-order chi connectivity index (χ1) is 6.59. The molecule has 1 heterocycles. The summed E-state index contributed by atoms with van der Waals surface area (Å²) >= 11 is 0. The molecule has 2 rings (SSSR count). The third-order valence-corrected chi connectivity index (χ3v) is 2.74. The van der Waals surface area contributed by atoms with Crippen molar-refractivity contribution in [2.75, 3.05) is 0 Å². The molecule has 14 heavy (non-hydrogen) atoms. The van der Waals surface area contributed by atoms with Crippen LogP contribution in [0, 0.1) is 0 Å². The molecule has 6 heteroatoms. The topological polar surface area (TPSA) is 80.2 Å². The van der Waals surface area contributed by atoms with Gasteiger partial charge in [-0.15, -0.1) is 0 Å². The molecule has 0 bridgehead atoms. The molecule has 0 spiro atoms. The Labute approximate surface area is 80.1 Å². The highest BCUT2D eigenvalue weighted by Crippen LogP contribution is 2.20. The van der Waals surface area contributed by atoms with Gasteiger partial charge in [0.15, 0.2) is 0 Å². The number of aromatic nitrogens is 2. The molecule has 0 fully saturated rings. The molecule has 2 aromatic rings. The fourth-order valence-electron chi connectivity index (χ4n) is 1.22. The minimum atomic E-state index is -4.20. The van der Waals surface area contributed by atoms with Crippen LogP contribution in [0.5, 0.6) is 0 Å². The lowest BCUT2D eigenvalue weighted by Gasteiger charge is -2.00. The van der Waals surface area contributed by atoms with Crippen LogP contribution in [0.25, 0.3) is 10.8 Å². The average molecular weight is 210 g/mol. The van der Waals surface area contributed by atoms with Crippen LogP contribution in [-0.2, 0) is 10.1 Å². The van der Waals surface area contributed by atoms with E-state index in [4.69, 9.17) is 4.55 Å². The van der Waals surface area contributed by atoms with Crippen molar-refractivity contribution in [3.63, 3.8) is 0 Å². The second kappa shape index (κ2) is 3.00. The zero-order chi connectivity index (χ0) is 10.2. The molecule has 5 nitrogen and oxygen atoms in total. The lowest BCUT2D eigenvalue weighted by atomic mass is 10.2. The molecule has 0 saturated carbocycles. The molecule has 0 unspecified atom stereocenters. The van der Waals surface area contributed by atoms with Crippen molar-refractivity contribution in [1.29, 1.82) is 0 Å². The third kappa shape index (κ3) is 1.45. The summed E-state index contributed by atoms with van der Waals surface area (Å²) in [7, 11) is -4.20. The van der Waals surface area contributed by atoms with Gasteiger partial charge in [-0.1, -0.05) is 12.1 Å². The van der Waals surface area contributed by atoms with E-state index in [-0.39, 0.29) is 4.90 Å². The molecule has 0 saturated heterocycles. The van der Waals surface area contributed by atoms with Crippen LogP contribution >= 0.6 is 0 Å². The maximum Gasteiger partial charge on any atom is 0.295 e. The summed E-state index contributed by atoms with van der Waals surface area (Å²) in [6, 6.07) is 4.55. The van der Waals surface area contributed by atoms with E-state index < -0.39 is 10.1 Å². The number of fused-ring (bicyclic) bond motifs is 1. The van der Waals surface area contributed by atoms with Gasteiger partial charge >= 0.3 is 0 Å². The van der Waals surface area contributed by atoms with Gasteiger partial charge in [0, 0.05) is 10.8 Å². The number of hydrogen-bond acceptors (Lipinski definition) is 4. The summed E-state index contributed by atoms with van der Waals surface area (Å²) in [4.78, 5) is -0.148. The number of rotatable bonds is 1. The summed E-state index contributed by atoms with van der Waals surface area (Å²) < 4.78 is 30.8. The van der Waals surface area contributed by atoms with Gasteiger partial charge in [0.05, 0.1) is 12.4 Å².